The average Bonchev–Trinajstić information content (AvgIpc) is 2.91. The Kier molecular flexibility index (Phi) is 5.08. The highest BCUT2D eigenvalue weighted by Crippen LogP contribution is 2.31. The molecule has 1 saturated carbocycles. The summed E-state index contributed by atoms with van der Waals surface area (Å²) in [5, 5.41) is 6.03. The summed E-state index contributed by atoms with van der Waals surface area (Å²) in [7, 11) is 0. The van der Waals surface area contributed by atoms with Crippen LogP contribution in [0.3, 0.4) is 0 Å². The van der Waals surface area contributed by atoms with Crippen molar-refractivity contribution in [1.29, 1.82) is 0 Å². The van der Waals surface area contributed by atoms with Gasteiger partial charge in [-0.2, -0.15) is 0 Å². The lowest BCUT2D eigenvalue weighted by Crippen LogP contribution is -2.41. The smallest absolute Gasteiger partial charge is 0.0115 e. The molecule has 1 nitrogen and oxygen atoms in total. The minimum Gasteiger partial charge on any atom is -0.313 e. The molecule has 1 aliphatic carbocycles. The fourth-order valence-corrected chi connectivity index (χ4v) is 4.02. The van der Waals surface area contributed by atoms with Gasteiger partial charge in [-0.25, -0.2) is 0 Å². The molecule has 1 aromatic heterocycles. The molecule has 1 fully saturated rings. The third-order valence-corrected chi connectivity index (χ3v) is 5.91. The summed E-state index contributed by atoms with van der Waals surface area (Å²) >= 11 is 1.88. The van der Waals surface area contributed by atoms with Crippen LogP contribution in [0.2, 0.25) is 0 Å². The maximum Gasteiger partial charge on any atom is 0.0115 e. The predicted molar refractivity (Wildman–Crippen MR) is 85.9 cm³/mol. The molecular weight excluding hydrogens is 250 g/mol. The third-order valence-electron chi connectivity index (χ3n) is 4.68. The van der Waals surface area contributed by atoms with Gasteiger partial charge in [0, 0.05) is 22.9 Å². The molecule has 1 heterocycles. The van der Waals surface area contributed by atoms with E-state index in [-0.39, 0.29) is 5.41 Å². The molecule has 0 radical (unpaired) electrons. The van der Waals surface area contributed by atoms with E-state index < -0.39 is 0 Å². The van der Waals surface area contributed by atoms with E-state index in [1.165, 1.54) is 30.6 Å². The van der Waals surface area contributed by atoms with Crippen LogP contribution in [0.5, 0.6) is 0 Å². The van der Waals surface area contributed by atoms with E-state index in [4.69, 9.17) is 0 Å². The average molecular weight is 279 g/mol. The Morgan fingerprint density at radius 2 is 2.16 bits per heavy atom. The lowest BCUT2D eigenvalue weighted by Gasteiger charge is -2.34. The predicted octanol–water partition coefficient (Wildman–Crippen LogP) is 4.83. The molecule has 0 bridgehead atoms. The quantitative estimate of drug-likeness (QED) is 0.814. The van der Waals surface area contributed by atoms with E-state index in [0.717, 1.165) is 24.4 Å². The van der Waals surface area contributed by atoms with E-state index in [1.54, 1.807) is 0 Å². The summed E-state index contributed by atoms with van der Waals surface area (Å²) in [5.41, 5.74) is 0.263. The summed E-state index contributed by atoms with van der Waals surface area (Å²) in [4.78, 5) is 1.50. The van der Waals surface area contributed by atoms with Crippen LogP contribution in [0.4, 0.5) is 0 Å². The first-order valence-electron chi connectivity index (χ1n) is 7.76. The van der Waals surface area contributed by atoms with Crippen molar-refractivity contribution in [2.24, 2.45) is 11.8 Å². The largest absolute Gasteiger partial charge is 0.313 e. The van der Waals surface area contributed by atoms with Crippen molar-refractivity contribution < 1.29 is 0 Å². The molecule has 0 amide bonds. The second-order valence-electron chi connectivity index (χ2n) is 7.11. The second kappa shape index (κ2) is 6.41. The van der Waals surface area contributed by atoms with Crippen molar-refractivity contribution in [1.82, 2.24) is 5.32 Å². The van der Waals surface area contributed by atoms with Crippen LogP contribution in [0, 0.1) is 11.8 Å². The Hall–Kier alpha value is -0.340. The van der Waals surface area contributed by atoms with Gasteiger partial charge in [0.05, 0.1) is 0 Å². The number of rotatable bonds is 5. The molecule has 2 unspecified atom stereocenters. The van der Waals surface area contributed by atoms with Gasteiger partial charge >= 0.3 is 0 Å². The topological polar surface area (TPSA) is 12.0 Å². The highest BCUT2D eigenvalue weighted by Gasteiger charge is 2.27. The van der Waals surface area contributed by atoms with Crippen molar-refractivity contribution in [3.8, 4) is 0 Å². The highest BCUT2D eigenvalue weighted by atomic mass is 32.1. The van der Waals surface area contributed by atoms with Gasteiger partial charge in [0.1, 0.15) is 0 Å². The van der Waals surface area contributed by atoms with E-state index in [1.807, 2.05) is 11.3 Å². The van der Waals surface area contributed by atoms with Crippen molar-refractivity contribution in [2.45, 2.75) is 64.8 Å². The number of hydrogen-bond donors (Lipinski definition) is 1. The van der Waals surface area contributed by atoms with Gasteiger partial charge in [-0.15, -0.1) is 11.3 Å². The molecule has 2 rings (SSSR count). The molecule has 1 N–H and O–H groups in total. The summed E-state index contributed by atoms with van der Waals surface area (Å²) in [6.07, 6.45) is 5.58. The van der Waals surface area contributed by atoms with Gasteiger partial charge in [-0.3, -0.25) is 0 Å². The summed E-state index contributed by atoms with van der Waals surface area (Å²) in [5.74, 6) is 1.77. The van der Waals surface area contributed by atoms with Crippen molar-refractivity contribution in [3.05, 3.63) is 22.4 Å². The second-order valence-corrected chi connectivity index (χ2v) is 8.06. The zero-order valence-electron chi connectivity index (χ0n) is 12.9. The molecule has 1 aliphatic rings. The van der Waals surface area contributed by atoms with Crippen molar-refractivity contribution in [2.75, 3.05) is 6.54 Å². The molecule has 0 spiro atoms. The fourth-order valence-electron chi connectivity index (χ4n) is 3.17. The van der Waals surface area contributed by atoms with E-state index in [2.05, 4.69) is 50.5 Å². The van der Waals surface area contributed by atoms with Gasteiger partial charge in [0.25, 0.3) is 0 Å². The van der Waals surface area contributed by atoms with Crippen LogP contribution < -0.4 is 5.32 Å². The van der Waals surface area contributed by atoms with Gasteiger partial charge in [0.2, 0.25) is 0 Å². The maximum absolute atomic E-state index is 3.84. The summed E-state index contributed by atoms with van der Waals surface area (Å²) in [6, 6.07) is 5.17. The molecule has 19 heavy (non-hydrogen) atoms. The van der Waals surface area contributed by atoms with E-state index in [0.29, 0.717) is 0 Å². The van der Waals surface area contributed by atoms with E-state index in [9.17, 15) is 0 Å². The minimum atomic E-state index is 0.263. The minimum absolute atomic E-state index is 0.263. The van der Waals surface area contributed by atoms with Crippen LogP contribution >= 0.6 is 11.3 Å². The Bertz CT molecular complexity index is 367. The van der Waals surface area contributed by atoms with Crippen LogP contribution in [-0.4, -0.2) is 12.6 Å². The van der Waals surface area contributed by atoms with Crippen LogP contribution in [0.15, 0.2) is 17.5 Å². The molecule has 0 saturated heterocycles. The zero-order chi connectivity index (χ0) is 13.9. The summed E-state index contributed by atoms with van der Waals surface area (Å²) < 4.78 is 0. The van der Waals surface area contributed by atoms with Crippen LogP contribution in [-0.2, 0) is 5.41 Å². The molecule has 108 valence electrons. The molecule has 0 aromatic carbocycles. The molecule has 2 atom stereocenters. The van der Waals surface area contributed by atoms with Crippen LogP contribution in [0.25, 0.3) is 0 Å². The normalized spacial score (nSPS) is 24.9. The Labute approximate surface area is 122 Å². The number of nitrogens with one attached hydrogen (secondary N) is 1. The SMILES string of the molecule is CC(C)C1CCCC(NCC(C)(C)c2cccs2)C1. The van der Waals surface area contributed by atoms with Gasteiger partial charge < -0.3 is 5.32 Å². The first kappa shape index (κ1) is 15.1. The standard InChI is InChI=1S/C17H29NS/c1-13(2)14-7-5-8-15(11-14)18-12-17(3,4)16-9-6-10-19-16/h6,9-10,13-15,18H,5,7-8,11-12H2,1-4H3. The van der Waals surface area contributed by atoms with Gasteiger partial charge in [0.15, 0.2) is 0 Å². The van der Waals surface area contributed by atoms with Crippen molar-refractivity contribution >= 4 is 11.3 Å². The lowest BCUT2D eigenvalue weighted by atomic mass is 9.79. The fraction of sp³-hybridized carbons (Fsp3) is 0.765. The third kappa shape index (κ3) is 4.06. The Morgan fingerprint density at radius 3 is 2.79 bits per heavy atom. The zero-order valence-corrected chi connectivity index (χ0v) is 13.7. The molecular formula is C17H29NS. The highest BCUT2D eigenvalue weighted by molar-refractivity contribution is 7.10. The van der Waals surface area contributed by atoms with E-state index >= 15 is 0 Å². The lowest BCUT2D eigenvalue weighted by molar-refractivity contribution is 0.225. The monoisotopic (exact) mass is 279 g/mol. The molecule has 1 aromatic rings. The summed E-state index contributed by atoms with van der Waals surface area (Å²) in [6.45, 7) is 10.6. The first-order valence-corrected chi connectivity index (χ1v) is 8.64. The Morgan fingerprint density at radius 1 is 1.37 bits per heavy atom. The van der Waals surface area contributed by atoms with Gasteiger partial charge in [-0.1, -0.05) is 46.6 Å². The number of hydrogen-bond acceptors (Lipinski definition) is 2. The van der Waals surface area contributed by atoms with Crippen LogP contribution in [0.1, 0.15) is 58.3 Å². The first-order chi connectivity index (χ1) is 8.99. The van der Waals surface area contributed by atoms with Crippen molar-refractivity contribution in [3.63, 3.8) is 0 Å². The number of thiophene rings is 1. The molecule has 2 heteroatoms. The molecule has 0 aliphatic heterocycles. The Balaban J connectivity index is 1.85. The maximum atomic E-state index is 3.84. The van der Waals surface area contributed by atoms with Gasteiger partial charge in [-0.05, 0) is 36.1 Å².